The van der Waals surface area contributed by atoms with Crippen molar-refractivity contribution in [2.75, 3.05) is 7.11 Å². The second-order valence-corrected chi connectivity index (χ2v) is 6.58. The molecule has 6 nitrogen and oxygen atoms in total. The Bertz CT molecular complexity index is 601. The molecule has 24 heavy (non-hydrogen) atoms. The molecular weight excluding hydrogens is 335 g/mol. The van der Waals surface area contributed by atoms with Crippen molar-refractivity contribution in [2.45, 2.75) is 44.2 Å². The van der Waals surface area contributed by atoms with Crippen molar-refractivity contribution >= 4 is 12.0 Å². The van der Waals surface area contributed by atoms with Crippen LogP contribution >= 0.6 is 0 Å². The molecule has 124 valence electrons. The zero-order valence-electron chi connectivity index (χ0n) is 14.1. The zero-order valence-corrected chi connectivity index (χ0v) is 17.3. The van der Waals surface area contributed by atoms with Crippen molar-refractivity contribution in [1.29, 1.82) is 0 Å². The van der Waals surface area contributed by atoms with Crippen LogP contribution < -0.4 is 71.9 Å². The molecule has 0 radical (unpaired) electrons. The second kappa shape index (κ2) is 8.18. The first kappa shape index (κ1) is 19.7. The number of carboxylic acids is 1. The Morgan fingerprint density at radius 3 is 2.42 bits per heavy atom. The number of urea groups is 1. The molecule has 0 saturated heterocycles. The number of amides is 2. The van der Waals surface area contributed by atoms with E-state index >= 15 is 0 Å². The Balaban J connectivity index is 0.00000208. The number of hydrogen-bond acceptors (Lipinski definition) is 4. The van der Waals surface area contributed by atoms with Crippen molar-refractivity contribution in [3.63, 3.8) is 0 Å². The molecule has 3 rings (SSSR count). The van der Waals surface area contributed by atoms with Gasteiger partial charge in [-0.1, -0.05) is 12.1 Å². The SMILES string of the molecule is COc1ccc(C(NC(=O)NC2CCC3(CC3)C2)C(=O)[O-])cc1.[K+]. The van der Waals surface area contributed by atoms with Gasteiger partial charge >= 0.3 is 57.4 Å². The van der Waals surface area contributed by atoms with Crippen LogP contribution in [-0.4, -0.2) is 25.2 Å². The van der Waals surface area contributed by atoms with Gasteiger partial charge in [-0.05, 0) is 55.2 Å². The van der Waals surface area contributed by atoms with Gasteiger partial charge in [0.05, 0.1) is 19.1 Å². The molecule has 1 aromatic carbocycles. The van der Waals surface area contributed by atoms with Crippen LogP contribution in [0.3, 0.4) is 0 Å². The number of nitrogens with one attached hydrogen (secondary N) is 2. The van der Waals surface area contributed by atoms with E-state index in [1.807, 2.05) is 0 Å². The van der Waals surface area contributed by atoms with E-state index < -0.39 is 18.0 Å². The molecule has 2 aliphatic rings. The molecule has 1 aromatic rings. The van der Waals surface area contributed by atoms with Crippen LogP contribution in [0.4, 0.5) is 4.79 Å². The average Bonchev–Trinajstić information content (AvgIpc) is 3.18. The van der Waals surface area contributed by atoms with Gasteiger partial charge in [-0.15, -0.1) is 0 Å². The molecule has 2 amide bonds. The molecule has 0 aliphatic heterocycles. The molecule has 2 atom stereocenters. The van der Waals surface area contributed by atoms with E-state index in [1.165, 1.54) is 20.0 Å². The first-order valence-corrected chi connectivity index (χ1v) is 7.93. The second-order valence-electron chi connectivity index (χ2n) is 6.58. The molecule has 2 saturated carbocycles. The third-order valence-corrected chi connectivity index (χ3v) is 4.96. The van der Waals surface area contributed by atoms with Crippen molar-refractivity contribution in [3.05, 3.63) is 29.8 Å². The average molecular weight is 356 g/mol. The number of methoxy groups -OCH3 is 1. The quantitative estimate of drug-likeness (QED) is 0.605. The van der Waals surface area contributed by atoms with Crippen LogP contribution in [-0.2, 0) is 4.79 Å². The van der Waals surface area contributed by atoms with Gasteiger partial charge in [-0.3, -0.25) is 0 Å². The van der Waals surface area contributed by atoms with Gasteiger partial charge in [0.25, 0.3) is 0 Å². The van der Waals surface area contributed by atoms with E-state index in [1.54, 1.807) is 24.3 Å². The monoisotopic (exact) mass is 356 g/mol. The van der Waals surface area contributed by atoms with Gasteiger partial charge in [0, 0.05) is 6.04 Å². The number of carbonyl (C=O) groups excluding carboxylic acids is 2. The molecule has 0 bridgehead atoms. The largest absolute Gasteiger partial charge is 1.00 e. The first-order chi connectivity index (χ1) is 11.0. The third kappa shape index (κ3) is 4.73. The van der Waals surface area contributed by atoms with E-state index in [9.17, 15) is 14.7 Å². The summed E-state index contributed by atoms with van der Waals surface area (Å²) in [6, 6.07) is 5.01. The molecular formula is C17H21KN2O4. The number of carbonyl (C=O) groups is 2. The first-order valence-electron chi connectivity index (χ1n) is 7.93. The number of hydrogen-bond donors (Lipinski definition) is 2. The maximum absolute atomic E-state index is 12.1. The maximum atomic E-state index is 12.1. The minimum atomic E-state index is -1.34. The topological polar surface area (TPSA) is 90.5 Å². The fourth-order valence-electron chi connectivity index (χ4n) is 3.39. The smallest absolute Gasteiger partial charge is 0.548 e. The van der Waals surface area contributed by atoms with E-state index in [-0.39, 0.29) is 57.4 Å². The fourth-order valence-corrected chi connectivity index (χ4v) is 3.39. The number of rotatable bonds is 5. The summed E-state index contributed by atoms with van der Waals surface area (Å²) in [4.78, 5) is 23.5. The summed E-state index contributed by atoms with van der Waals surface area (Å²) in [6.07, 6.45) is 5.62. The summed E-state index contributed by atoms with van der Waals surface area (Å²) in [5, 5.41) is 16.7. The number of carboxylic acid groups (broad SMARTS) is 1. The number of benzene rings is 1. The predicted molar refractivity (Wildman–Crippen MR) is 81.7 cm³/mol. The molecule has 0 aromatic heterocycles. The van der Waals surface area contributed by atoms with Crippen LogP contribution in [0.25, 0.3) is 0 Å². The van der Waals surface area contributed by atoms with Gasteiger partial charge in [0.2, 0.25) is 0 Å². The molecule has 2 unspecified atom stereocenters. The molecule has 2 N–H and O–H groups in total. The van der Waals surface area contributed by atoms with E-state index in [4.69, 9.17) is 4.74 Å². The zero-order chi connectivity index (χ0) is 16.4. The summed E-state index contributed by atoms with van der Waals surface area (Å²) in [5.74, 6) is -0.716. The van der Waals surface area contributed by atoms with Crippen molar-refractivity contribution in [3.8, 4) is 5.75 Å². The van der Waals surface area contributed by atoms with Gasteiger partial charge in [-0.25, -0.2) is 4.79 Å². The van der Waals surface area contributed by atoms with Crippen LogP contribution in [0.5, 0.6) is 5.75 Å². The summed E-state index contributed by atoms with van der Waals surface area (Å²) >= 11 is 0. The maximum Gasteiger partial charge on any atom is 1.00 e. The molecule has 1 spiro atoms. The minimum Gasteiger partial charge on any atom is -0.548 e. The molecule has 7 heteroatoms. The molecule has 2 fully saturated rings. The van der Waals surface area contributed by atoms with Crippen LogP contribution in [0.2, 0.25) is 0 Å². The Labute approximate surface area is 184 Å². The van der Waals surface area contributed by atoms with Crippen LogP contribution in [0.15, 0.2) is 24.3 Å². The summed E-state index contributed by atoms with van der Waals surface area (Å²) in [7, 11) is 1.53. The Morgan fingerprint density at radius 1 is 1.25 bits per heavy atom. The molecule has 2 aliphatic carbocycles. The predicted octanol–water partition coefficient (Wildman–Crippen LogP) is -1.88. The Morgan fingerprint density at radius 2 is 1.92 bits per heavy atom. The summed E-state index contributed by atoms with van der Waals surface area (Å²) < 4.78 is 5.04. The van der Waals surface area contributed by atoms with Gasteiger partial charge in [0.15, 0.2) is 0 Å². The molecule has 0 heterocycles. The van der Waals surface area contributed by atoms with E-state index in [0.717, 1.165) is 19.3 Å². The summed E-state index contributed by atoms with van der Waals surface area (Å²) in [5.41, 5.74) is 0.910. The van der Waals surface area contributed by atoms with Crippen LogP contribution in [0.1, 0.15) is 43.7 Å². The van der Waals surface area contributed by atoms with Gasteiger partial charge in [0.1, 0.15) is 5.75 Å². The van der Waals surface area contributed by atoms with E-state index in [2.05, 4.69) is 10.6 Å². The summed E-state index contributed by atoms with van der Waals surface area (Å²) in [6.45, 7) is 0. The number of aliphatic carboxylic acids is 1. The standard InChI is InChI=1S/C17H22N2O4.K/c1-23-13-4-2-11(3-5-13)14(15(20)21)19-16(22)18-12-6-7-17(10-12)8-9-17;/h2-5,12,14H,6-10H2,1H3,(H,20,21)(H2,18,19,22);/q;+1/p-1. The van der Waals surface area contributed by atoms with Gasteiger partial charge < -0.3 is 25.3 Å². The fraction of sp³-hybridized carbons (Fsp3) is 0.529. The Hall–Kier alpha value is -0.604. The number of ether oxygens (including phenoxy) is 1. The Kier molecular flexibility index (Phi) is 6.72. The van der Waals surface area contributed by atoms with Crippen molar-refractivity contribution in [2.24, 2.45) is 5.41 Å². The van der Waals surface area contributed by atoms with Crippen molar-refractivity contribution < 1.29 is 70.8 Å². The minimum absolute atomic E-state index is 0. The normalized spacial score (nSPS) is 21.5. The third-order valence-electron chi connectivity index (χ3n) is 4.96. The van der Waals surface area contributed by atoms with E-state index in [0.29, 0.717) is 16.7 Å². The van der Waals surface area contributed by atoms with Crippen LogP contribution in [0, 0.1) is 5.41 Å². The van der Waals surface area contributed by atoms with Gasteiger partial charge in [-0.2, -0.15) is 0 Å². The van der Waals surface area contributed by atoms with Crippen molar-refractivity contribution in [1.82, 2.24) is 10.6 Å².